The first-order valence-corrected chi connectivity index (χ1v) is 8.81. The smallest absolute Gasteiger partial charge is 0.416 e. The number of aliphatic hydroxyl groups is 1. The van der Waals surface area contributed by atoms with E-state index in [-0.39, 0.29) is 0 Å². The van der Waals surface area contributed by atoms with E-state index in [0.717, 1.165) is 38.3 Å². The Bertz CT molecular complexity index is 695. The van der Waals surface area contributed by atoms with Crippen LogP contribution >= 0.6 is 0 Å². The number of sulfone groups is 1. The van der Waals surface area contributed by atoms with E-state index in [0.29, 0.717) is 0 Å². The van der Waals surface area contributed by atoms with Crippen molar-refractivity contribution in [1.29, 1.82) is 0 Å². The molecule has 1 rings (SSSR count). The lowest BCUT2D eigenvalue weighted by Crippen LogP contribution is -2.39. The molecule has 0 fully saturated rings. The third kappa shape index (κ3) is 6.75. The Balaban J connectivity index is 3.24. The lowest BCUT2D eigenvalue weighted by molar-refractivity contribution is -0.139. The van der Waals surface area contributed by atoms with E-state index in [2.05, 4.69) is 10.1 Å². The van der Waals surface area contributed by atoms with Gasteiger partial charge < -0.3 is 15.2 Å². The first kappa shape index (κ1) is 20.2. The van der Waals surface area contributed by atoms with Gasteiger partial charge in [-0.15, -0.1) is 0 Å². The molecule has 0 saturated heterocycles. The summed E-state index contributed by atoms with van der Waals surface area (Å²) in [5.74, 6) is -2.63. The van der Waals surface area contributed by atoms with Crippen LogP contribution in [0.3, 0.4) is 0 Å². The monoisotopic (exact) mass is 369 g/mol. The molecule has 1 atom stereocenters. The molecular weight excluding hydrogens is 351 g/mol. The van der Waals surface area contributed by atoms with Gasteiger partial charge in [-0.3, -0.25) is 0 Å². The second-order valence-corrected chi connectivity index (χ2v) is 7.90. The number of hydrogen-bond acceptors (Lipinski definition) is 5. The van der Waals surface area contributed by atoms with Crippen LogP contribution in [0.2, 0.25) is 0 Å². The van der Waals surface area contributed by atoms with Gasteiger partial charge in [0.25, 0.3) is 0 Å². The van der Waals surface area contributed by atoms with Gasteiger partial charge in [-0.2, -0.15) is 13.2 Å². The number of hydrogen-bond donors (Lipinski definition) is 2. The quantitative estimate of drug-likeness (QED) is 0.777. The van der Waals surface area contributed by atoms with Crippen LogP contribution < -0.4 is 5.32 Å². The maximum atomic E-state index is 13.1. The fourth-order valence-electron chi connectivity index (χ4n) is 1.97. The summed E-state index contributed by atoms with van der Waals surface area (Å²) in [6.07, 6.45) is -5.14. The molecule has 0 aliphatic carbocycles. The first-order valence-electron chi connectivity index (χ1n) is 6.75. The van der Waals surface area contributed by atoms with Gasteiger partial charge in [-0.1, -0.05) is 18.2 Å². The number of nitrogens with one attached hydrogen (secondary N) is 1. The minimum atomic E-state index is -4.73. The molecule has 1 aromatic carbocycles. The number of amides is 1. The van der Waals surface area contributed by atoms with Gasteiger partial charge in [0.05, 0.1) is 17.4 Å². The second kappa shape index (κ2) is 6.98. The van der Waals surface area contributed by atoms with E-state index in [1.165, 1.54) is 6.07 Å². The van der Waals surface area contributed by atoms with Gasteiger partial charge in [0.15, 0.2) is 0 Å². The molecule has 2 N–H and O–H groups in total. The molecule has 0 aromatic heterocycles. The summed E-state index contributed by atoms with van der Waals surface area (Å²) < 4.78 is 66.9. The molecule has 0 saturated carbocycles. The van der Waals surface area contributed by atoms with Crippen molar-refractivity contribution in [2.75, 3.05) is 12.0 Å². The van der Waals surface area contributed by atoms with Gasteiger partial charge in [-0.25, -0.2) is 13.2 Å². The van der Waals surface area contributed by atoms with E-state index >= 15 is 0 Å². The van der Waals surface area contributed by atoms with Crippen molar-refractivity contribution < 1.29 is 36.2 Å². The Morgan fingerprint density at radius 2 is 1.83 bits per heavy atom. The van der Waals surface area contributed by atoms with E-state index < -0.39 is 50.8 Å². The number of carbonyl (C=O) groups excluding carboxylic acids is 1. The highest BCUT2D eigenvalue weighted by molar-refractivity contribution is 7.90. The van der Waals surface area contributed by atoms with Crippen LogP contribution in [0.25, 0.3) is 0 Å². The van der Waals surface area contributed by atoms with Gasteiger partial charge in [0.2, 0.25) is 5.79 Å². The first-order chi connectivity index (χ1) is 10.7. The number of halogens is 3. The average Bonchev–Trinajstić information content (AvgIpc) is 2.33. The number of alkyl halides is 3. The molecule has 0 spiro atoms. The Morgan fingerprint density at radius 3 is 2.29 bits per heavy atom. The van der Waals surface area contributed by atoms with Crippen LogP contribution in [0.15, 0.2) is 24.3 Å². The summed E-state index contributed by atoms with van der Waals surface area (Å²) >= 11 is 0. The number of carbonyl (C=O) groups is 1. The number of ether oxygens (including phenoxy) is 1. The fourth-order valence-corrected chi connectivity index (χ4v) is 2.84. The Labute approximate surface area is 137 Å². The standard InChI is InChI=1S/C14H18F3NO5S/c1-13(2,20)23-12(19)18-11(8-24(3,21)22)9-6-4-5-7-10(9)14(15,16)17/h4-7,11,20H,8H2,1-3H3,(H,18,19). The molecule has 10 heteroatoms. The summed E-state index contributed by atoms with van der Waals surface area (Å²) in [7, 11) is -3.72. The van der Waals surface area contributed by atoms with Crippen molar-refractivity contribution in [2.24, 2.45) is 0 Å². The molecule has 1 amide bonds. The van der Waals surface area contributed by atoms with E-state index in [1.807, 2.05) is 0 Å². The largest absolute Gasteiger partial charge is 0.418 e. The molecule has 0 radical (unpaired) electrons. The van der Waals surface area contributed by atoms with E-state index in [4.69, 9.17) is 0 Å². The zero-order valence-corrected chi connectivity index (χ0v) is 14.0. The van der Waals surface area contributed by atoms with Gasteiger partial charge in [0, 0.05) is 20.1 Å². The fraction of sp³-hybridized carbons (Fsp3) is 0.500. The molecule has 0 aliphatic rings. The lowest BCUT2D eigenvalue weighted by atomic mass is 10.0. The molecule has 1 unspecified atom stereocenters. The zero-order valence-electron chi connectivity index (χ0n) is 13.2. The van der Waals surface area contributed by atoms with Gasteiger partial charge >= 0.3 is 12.3 Å². The van der Waals surface area contributed by atoms with Crippen molar-refractivity contribution in [2.45, 2.75) is 31.9 Å². The molecule has 24 heavy (non-hydrogen) atoms. The molecule has 1 aromatic rings. The molecule has 0 heterocycles. The summed E-state index contributed by atoms with van der Waals surface area (Å²) in [5, 5.41) is 11.5. The molecule has 0 aliphatic heterocycles. The predicted molar refractivity (Wildman–Crippen MR) is 79.8 cm³/mol. The van der Waals surface area contributed by atoms with Crippen LogP contribution in [-0.2, 0) is 20.8 Å². The molecule has 136 valence electrons. The molecule has 6 nitrogen and oxygen atoms in total. The predicted octanol–water partition coefficient (Wildman–Crippen LogP) is 2.25. The normalized spacial score (nSPS) is 14.1. The van der Waals surface area contributed by atoms with Crippen molar-refractivity contribution in [1.82, 2.24) is 5.32 Å². The minimum Gasteiger partial charge on any atom is -0.418 e. The van der Waals surface area contributed by atoms with Crippen molar-refractivity contribution in [3.8, 4) is 0 Å². The van der Waals surface area contributed by atoms with Crippen LogP contribution in [0.1, 0.15) is 31.0 Å². The number of rotatable bonds is 5. The zero-order chi connectivity index (χ0) is 18.8. The highest BCUT2D eigenvalue weighted by Crippen LogP contribution is 2.35. The average molecular weight is 369 g/mol. The van der Waals surface area contributed by atoms with Gasteiger partial charge in [-0.05, 0) is 11.6 Å². The maximum Gasteiger partial charge on any atom is 0.416 e. The highest BCUT2D eigenvalue weighted by atomic mass is 32.2. The topological polar surface area (TPSA) is 92.7 Å². The summed E-state index contributed by atoms with van der Waals surface area (Å²) in [4.78, 5) is 11.7. The number of alkyl carbamates (subject to hydrolysis) is 1. The third-order valence-corrected chi connectivity index (χ3v) is 3.68. The summed E-state index contributed by atoms with van der Waals surface area (Å²) in [6.45, 7) is 2.28. The summed E-state index contributed by atoms with van der Waals surface area (Å²) in [5.41, 5.74) is -1.48. The van der Waals surface area contributed by atoms with Crippen molar-refractivity contribution in [3.63, 3.8) is 0 Å². The van der Waals surface area contributed by atoms with Crippen LogP contribution in [0.5, 0.6) is 0 Å². The van der Waals surface area contributed by atoms with Crippen molar-refractivity contribution in [3.05, 3.63) is 35.4 Å². The van der Waals surface area contributed by atoms with E-state index in [1.54, 1.807) is 0 Å². The third-order valence-electron chi connectivity index (χ3n) is 2.75. The minimum absolute atomic E-state index is 0.414. The SMILES string of the molecule is CC(C)(O)OC(=O)NC(CS(C)(=O)=O)c1ccccc1C(F)(F)F. The number of benzene rings is 1. The Kier molecular flexibility index (Phi) is 5.88. The molecular formula is C14H18F3NO5S. The van der Waals surface area contributed by atoms with Gasteiger partial charge in [0.1, 0.15) is 9.84 Å². The second-order valence-electron chi connectivity index (χ2n) is 5.71. The van der Waals surface area contributed by atoms with Crippen LogP contribution in [0.4, 0.5) is 18.0 Å². The van der Waals surface area contributed by atoms with Crippen LogP contribution in [0, 0.1) is 0 Å². The lowest BCUT2D eigenvalue weighted by Gasteiger charge is -2.24. The molecule has 0 bridgehead atoms. The summed E-state index contributed by atoms with van der Waals surface area (Å²) in [6, 6.07) is 2.81. The Hall–Kier alpha value is -1.81. The highest BCUT2D eigenvalue weighted by Gasteiger charge is 2.36. The van der Waals surface area contributed by atoms with Crippen molar-refractivity contribution >= 4 is 15.9 Å². The maximum absolute atomic E-state index is 13.1. The Morgan fingerprint density at radius 1 is 1.29 bits per heavy atom. The van der Waals surface area contributed by atoms with Crippen LogP contribution in [-0.4, -0.2) is 37.4 Å². The van der Waals surface area contributed by atoms with E-state index in [9.17, 15) is 31.5 Å².